The minimum atomic E-state index is -0.251. The van der Waals surface area contributed by atoms with Gasteiger partial charge in [0.1, 0.15) is 23.1 Å². The summed E-state index contributed by atoms with van der Waals surface area (Å²) < 4.78 is 0. The molecule has 2 aromatic rings. The topological polar surface area (TPSA) is 123 Å². The number of amides is 1. The number of aryl methyl sites for hydroxylation is 1. The second kappa shape index (κ2) is 22.4. The summed E-state index contributed by atoms with van der Waals surface area (Å²) in [7, 11) is 0. The smallest absolute Gasteiger partial charge is 0.247 e. The predicted octanol–water partition coefficient (Wildman–Crippen LogP) is 7.91. The van der Waals surface area contributed by atoms with E-state index < -0.39 is 0 Å². The number of hydrogen-bond acceptors (Lipinski definition) is 6. The zero-order valence-corrected chi connectivity index (χ0v) is 27.1. The lowest BCUT2D eigenvalue weighted by Gasteiger charge is -2.20. The molecule has 8 nitrogen and oxygen atoms in total. The molecule has 1 fully saturated rings. The number of aromatic hydroxyl groups is 2. The molecule has 0 saturated carbocycles. The van der Waals surface area contributed by atoms with Gasteiger partial charge in [0.05, 0.1) is 11.4 Å². The number of phenolic OH excluding ortho intramolecular Hbond substituents is 2. The van der Waals surface area contributed by atoms with Crippen LogP contribution in [0, 0.1) is 12.8 Å². The van der Waals surface area contributed by atoms with E-state index in [-0.39, 0.29) is 23.2 Å². The summed E-state index contributed by atoms with van der Waals surface area (Å²) in [5.74, 6) is 1.88. The summed E-state index contributed by atoms with van der Waals surface area (Å²) in [6.07, 6.45) is 8.11. The number of Topliss-reactive ketones (excluding diaryl/α,β-unsaturated/α-hetero) is 1. The fourth-order valence-corrected chi connectivity index (χ4v) is 3.82. The number of hydrogen-bond donors (Lipinski definition) is 5. The Hall–Kier alpha value is -4.17. The molecule has 43 heavy (non-hydrogen) atoms. The van der Waals surface area contributed by atoms with Crippen LogP contribution in [0.4, 0.5) is 11.4 Å². The molecule has 0 radical (unpaired) electrons. The van der Waals surface area contributed by atoms with Gasteiger partial charge in [0, 0.05) is 12.3 Å². The average molecular weight is 593 g/mol. The summed E-state index contributed by atoms with van der Waals surface area (Å²) in [6, 6.07) is 11.9. The summed E-state index contributed by atoms with van der Waals surface area (Å²) in [4.78, 5) is 25.3. The highest BCUT2D eigenvalue weighted by Gasteiger charge is 2.09. The Morgan fingerprint density at radius 1 is 0.977 bits per heavy atom. The van der Waals surface area contributed by atoms with Crippen LogP contribution >= 0.6 is 0 Å². The molecule has 0 atom stereocenters. The van der Waals surface area contributed by atoms with Crippen LogP contribution in [0.25, 0.3) is 0 Å². The number of ketones is 1. The highest BCUT2D eigenvalue weighted by molar-refractivity contribution is 6.04. The summed E-state index contributed by atoms with van der Waals surface area (Å²) in [6.45, 7) is 22.9. The number of amidine groups is 1. The van der Waals surface area contributed by atoms with Gasteiger partial charge in [-0.15, -0.1) is 0 Å². The molecule has 0 aliphatic carbocycles. The standard InChI is InChI=1S/C18H23N3O.C7H15N.C7H8O2.C3H6O/c1-6-15(13(3)4)12-19-14(5)20-16-10-8-9-11-17(16)21-18(22)7-2;1-2-7-3-5-8-6-4-7;1-5-2-6(8)4-7(9)3-5;1-3(2)4/h7-12H,2-3,6H2,1,4-5H3,(H,19,20)(H,21,22);7-8H,2-6H2,1H3;2-4,8-9H,1H3;1-2H3/b15-12-;;;. The fraction of sp³-hybridized carbons (Fsp3) is 0.400. The van der Waals surface area contributed by atoms with Gasteiger partial charge in [-0.1, -0.05) is 51.1 Å². The van der Waals surface area contributed by atoms with Crippen molar-refractivity contribution in [2.75, 3.05) is 23.7 Å². The minimum Gasteiger partial charge on any atom is -0.508 e. The number of phenols is 2. The summed E-state index contributed by atoms with van der Waals surface area (Å²) >= 11 is 0. The molecule has 0 bridgehead atoms. The number of nitrogens with one attached hydrogen (secondary N) is 3. The molecular formula is C35H52N4O4. The van der Waals surface area contributed by atoms with Crippen molar-refractivity contribution < 1.29 is 19.8 Å². The van der Waals surface area contributed by atoms with Gasteiger partial charge in [-0.05, 0) is 114 Å². The van der Waals surface area contributed by atoms with Crippen LogP contribution in [0.5, 0.6) is 11.5 Å². The molecule has 0 unspecified atom stereocenters. The van der Waals surface area contributed by atoms with Crippen molar-refractivity contribution in [1.29, 1.82) is 0 Å². The summed E-state index contributed by atoms with van der Waals surface area (Å²) in [5.41, 5.74) is 4.43. The lowest BCUT2D eigenvalue weighted by Crippen LogP contribution is -2.27. The first kappa shape index (κ1) is 38.8. The maximum absolute atomic E-state index is 11.4. The molecule has 2 aromatic carbocycles. The van der Waals surface area contributed by atoms with E-state index in [2.05, 4.69) is 47.9 Å². The molecule has 1 aliphatic heterocycles. The quantitative estimate of drug-likeness (QED) is 0.0964. The fourth-order valence-electron chi connectivity index (χ4n) is 3.82. The Morgan fingerprint density at radius 3 is 1.88 bits per heavy atom. The van der Waals surface area contributed by atoms with Crippen LogP contribution in [0.2, 0.25) is 0 Å². The largest absolute Gasteiger partial charge is 0.508 e. The molecule has 1 amide bonds. The van der Waals surface area contributed by atoms with Gasteiger partial charge in [0.2, 0.25) is 5.91 Å². The number of aliphatic imine (C=N–C) groups is 1. The third-order valence-corrected chi connectivity index (χ3v) is 6.11. The van der Waals surface area contributed by atoms with E-state index >= 15 is 0 Å². The molecule has 0 spiro atoms. The second-order valence-corrected chi connectivity index (χ2v) is 10.4. The van der Waals surface area contributed by atoms with Crippen LogP contribution in [0.15, 0.2) is 84.0 Å². The number of rotatable bonds is 7. The van der Waals surface area contributed by atoms with Crippen molar-refractivity contribution >= 4 is 28.9 Å². The number of allylic oxidation sites excluding steroid dienone is 2. The lowest BCUT2D eigenvalue weighted by molar-refractivity contribution is -0.115. The van der Waals surface area contributed by atoms with E-state index in [1.807, 2.05) is 44.3 Å². The number of carbonyl (C=O) groups excluding carboxylic acids is 2. The maximum atomic E-state index is 11.4. The van der Waals surface area contributed by atoms with Crippen molar-refractivity contribution in [2.24, 2.45) is 10.9 Å². The molecule has 1 heterocycles. The van der Waals surface area contributed by atoms with E-state index in [4.69, 9.17) is 10.2 Å². The van der Waals surface area contributed by atoms with Gasteiger partial charge in [-0.25, -0.2) is 4.99 Å². The van der Waals surface area contributed by atoms with Gasteiger partial charge in [-0.2, -0.15) is 0 Å². The van der Waals surface area contributed by atoms with Crippen molar-refractivity contribution in [1.82, 2.24) is 5.32 Å². The highest BCUT2D eigenvalue weighted by Crippen LogP contribution is 2.21. The second-order valence-electron chi connectivity index (χ2n) is 10.4. The van der Waals surface area contributed by atoms with Crippen LogP contribution in [0.1, 0.15) is 72.8 Å². The van der Waals surface area contributed by atoms with E-state index in [0.29, 0.717) is 5.69 Å². The van der Waals surface area contributed by atoms with Crippen LogP contribution in [-0.4, -0.2) is 40.8 Å². The van der Waals surface area contributed by atoms with Gasteiger partial charge < -0.3 is 31.0 Å². The maximum Gasteiger partial charge on any atom is 0.247 e. The molecule has 236 valence electrons. The zero-order chi connectivity index (χ0) is 32.8. The van der Waals surface area contributed by atoms with E-state index in [1.165, 1.54) is 58.3 Å². The molecule has 0 aromatic heterocycles. The van der Waals surface area contributed by atoms with Gasteiger partial charge >= 0.3 is 0 Å². The minimum absolute atomic E-state index is 0.104. The van der Waals surface area contributed by atoms with Crippen LogP contribution in [-0.2, 0) is 9.59 Å². The zero-order valence-electron chi connectivity index (χ0n) is 27.1. The van der Waals surface area contributed by atoms with Crippen molar-refractivity contribution in [3.8, 4) is 11.5 Å². The molecule has 5 N–H and O–H groups in total. The molecule has 3 rings (SSSR count). The van der Waals surface area contributed by atoms with E-state index in [0.717, 1.165) is 40.6 Å². The number of anilines is 2. The van der Waals surface area contributed by atoms with Gasteiger partial charge in [0.15, 0.2) is 0 Å². The number of piperidine rings is 1. The Labute approximate surface area is 258 Å². The molecule has 8 heteroatoms. The van der Waals surface area contributed by atoms with Gasteiger partial charge in [-0.3, -0.25) is 4.79 Å². The average Bonchev–Trinajstić information content (AvgIpc) is 2.94. The van der Waals surface area contributed by atoms with E-state index in [9.17, 15) is 9.59 Å². The molecule has 1 saturated heterocycles. The number of carbonyl (C=O) groups is 2. The van der Waals surface area contributed by atoms with E-state index in [1.54, 1.807) is 19.1 Å². The first-order chi connectivity index (χ1) is 20.3. The Bertz CT molecular complexity index is 1170. The highest BCUT2D eigenvalue weighted by atomic mass is 16.3. The van der Waals surface area contributed by atoms with Crippen LogP contribution < -0.4 is 16.0 Å². The first-order valence-electron chi connectivity index (χ1n) is 14.7. The normalized spacial score (nSPS) is 13.0. The number of nitrogens with zero attached hydrogens (tertiary/aromatic N) is 1. The lowest BCUT2D eigenvalue weighted by atomic mass is 9.96. The predicted molar refractivity (Wildman–Crippen MR) is 182 cm³/mol. The Balaban J connectivity index is 0.000000679. The third-order valence-electron chi connectivity index (χ3n) is 6.11. The third kappa shape index (κ3) is 19.6. The Morgan fingerprint density at radius 2 is 1.49 bits per heavy atom. The Kier molecular flexibility index (Phi) is 20.3. The van der Waals surface area contributed by atoms with Crippen molar-refractivity contribution in [3.63, 3.8) is 0 Å². The van der Waals surface area contributed by atoms with Gasteiger partial charge in [0.25, 0.3) is 0 Å². The number of para-hydroxylation sites is 2. The molecular weight excluding hydrogens is 540 g/mol. The van der Waals surface area contributed by atoms with Crippen molar-refractivity contribution in [3.05, 3.63) is 84.6 Å². The monoisotopic (exact) mass is 592 g/mol. The first-order valence-corrected chi connectivity index (χ1v) is 14.7. The number of benzene rings is 2. The molecule has 1 aliphatic rings. The SMILES string of the molecule is C=CC(=O)Nc1ccccc1NC(C)=N/C=C(/CC)C(=C)C.CC(C)=O.CCC1CCNCC1.Cc1cc(O)cc(O)c1. The van der Waals surface area contributed by atoms with Crippen LogP contribution in [0.3, 0.4) is 0 Å². The van der Waals surface area contributed by atoms with Crippen molar-refractivity contribution in [2.45, 2.75) is 74.1 Å². The summed E-state index contributed by atoms with van der Waals surface area (Å²) in [5, 5.41) is 27.0.